The van der Waals surface area contributed by atoms with Gasteiger partial charge in [0.2, 0.25) is 0 Å². The first-order chi connectivity index (χ1) is 14.6. The smallest absolute Gasteiger partial charge is 0.326 e. The van der Waals surface area contributed by atoms with Crippen LogP contribution in [0.5, 0.6) is 5.75 Å². The summed E-state index contributed by atoms with van der Waals surface area (Å²) in [5.74, 6) is -0.901. The van der Waals surface area contributed by atoms with Gasteiger partial charge in [-0.25, -0.2) is 0 Å². The third kappa shape index (κ3) is 4.05. The highest BCUT2D eigenvalue weighted by Crippen LogP contribution is 2.52. The highest BCUT2D eigenvalue weighted by Gasteiger charge is 2.64. The third-order valence-electron chi connectivity index (χ3n) is 5.49. The van der Waals surface area contributed by atoms with Gasteiger partial charge in [-0.1, -0.05) is 42.5 Å². The number of methoxy groups -OCH3 is 1. The predicted molar refractivity (Wildman–Crippen MR) is 111 cm³/mol. The van der Waals surface area contributed by atoms with Crippen LogP contribution in [0.3, 0.4) is 0 Å². The fourth-order valence-corrected chi connectivity index (χ4v) is 4.07. The van der Waals surface area contributed by atoms with E-state index >= 15 is 0 Å². The van der Waals surface area contributed by atoms with Gasteiger partial charge in [0, 0.05) is 5.92 Å². The Balaban J connectivity index is 2.06. The highest BCUT2D eigenvalue weighted by atomic mass is 16.6. The summed E-state index contributed by atoms with van der Waals surface area (Å²) < 4.78 is 22.1. The Bertz CT molecular complexity index is 828. The Kier molecular flexibility index (Phi) is 7.11. The molecular formula is C24H28O6. The molecular weight excluding hydrogens is 384 g/mol. The first-order valence-electron chi connectivity index (χ1n) is 10.2. The number of hydrogen-bond donors (Lipinski definition) is 0. The second-order valence-electron chi connectivity index (χ2n) is 7.18. The lowest BCUT2D eigenvalue weighted by atomic mass is 9.69. The minimum Gasteiger partial charge on any atom is -0.497 e. The maximum atomic E-state index is 13.3. The number of benzene rings is 2. The maximum Gasteiger partial charge on any atom is 0.326 e. The average molecular weight is 412 g/mol. The van der Waals surface area contributed by atoms with E-state index in [-0.39, 0.29) is 19.8 Å². The van der Waals surface area contributed by atoms with Gasteiger partial charge in [-0.15, -0.1) is 0 Å². The Hall–Kier alpha value is -2.86. The molecule has 6 heteroatoms. The Morgan fingerprint density at radius 1 is 0.967 bits per heavy atom. The first-order valence-corrected chi connectivity index (χ1v) is 10.2. The Labute approximate surface area is 177 Å². The fraction of sp³-hybridized carbons (Fsp3) is 0.417. The fourth-order valence-electron chi connectivity index (χ4n) is 4.07. The lowest BCUT2D eigenvalue weighted by Gasteiger charge is -2.34. The summed E-state index contributed by atoms with van der Waals surface area (Å²) in [7, 11) is 1.61. The summed E-state index contributed by atoms with van der Waals surface area (Å²) in [5.41, 5.74) is 0.139. The largest absolute Gasteiger partial charge is 0.497 e. The van der Waals surface area contributed by atoms with Gasteiger partial charge in [-0.2, -0.15) is 0 Å². The Morgan fingerprint density at radius 2 is 1.57 bits per heavy atom. The van der Waals surface area contributed by atoms with Crippen LogP contribution in [0.15, 0.2) is 54.6 Å². The minimum absolute atomic E-state index is 0.163. The molecule has 0 N–H and O–H groups in total. The molecule has 0 amide bonds. The van der Waals surface area contributed by atoms with Crippen LogP contribution in [0.2, 0.25) is 0 Å². The number of ether oxygens (including phenoxy) is 4. The van der Waals surface area contributed by atoms with Gasteiger partial charge < -0.3 is 18.9 Å². The zero-order chi connectivity index (χ0) is 21.6. The number of carbonyl (C=O) groups is 2. The molecule has 1 heterocycles. The van der Waals surface area contributed by atoms with Crippen molar-refractivity contribution in [3.63, 3.8) is 0 Å². The summed E-state index contributed by atoms with van der Waals surface area (Å²) in [6, 6.07) is 16.9. The Morgan fingerprint density at radius 3 is 2.10 bits per heavy atom. The molecule has 2 aromatic carbocycles. The zero-order valence-corrected chi connectivity index (χ0v) is 17.6. The van der Waals surface area contributed by atoms with E-state index in [0.29, 0.717) is 6.42 Å². The van der Waals surface area contributed by atoms with E-state index in [1.54, 1.807) is 21.0 Å². The van der Waals surface area contributed by atoms with Gasteiger partial charge in [0.1, 0.15) is 11.9 Å². The van der Waals surface area contributed by atoms with E-state index in [1.165, 1.54) is 0 Å². The molecule has 0 saturated carbocycles. The van der Waals surface area contributed by atoms with Crippen molar-refractivity contribution in [2.75, 3.05) is 26.9 Å². The van der Waals surface area contributed by atoms with E-state index in [9.17, 15) is 9.59 Å². The van der Waals surface area contributed by atoms with Crippen molar-refractivity contribution in [1.82, 2.24) is 0 Å². The van der Waals surface area contributed by atoms with Crippen molar-refractivity contribution in [1.29, 1.82) is 0 Å². The monoisotopic (exact) mass is 412 g/mol. The zero-order valence-electron chi connectivity index (χ0n) is 17.6. The van der Waals surface area contributed by atoms with Crippen LogP contribution in [0.4, 0.5) is 0 Å². The predicted octanol–water partition coefficient (Wildman–Crippen LogP) is 3.74. The van der Waals surface area contributed by atoms with Crippen molar-refractivity contribution in [2.45, 2.75) is 26.4 Å². The second kappa shape index (κ2) is 9.76. The molecule has 1 saturated heterocycles. The van der Waals surface area contributed by atoms with Crippen LogP contribution in [0.25, 0.3) is 0 Å². The van der Waals surface area contributed by atoms with Gasteiger partial charge in [0.05, 0.1) is 26.9 Å². The molecule has 0 radical (unpaired) electrons. The van der Waals surface area contributed by atoms with Crippen molar-refractivity contribution in [3.8, 4) is 5.75 Å². The van der Waals surface area contributed by atoms with E-state index in [4.69, 9.17) is 18.9 Å². The van der Waals surface area contributed by atoms with E-state index < -0.39 is 29.4 Å². The molecule has 1 fully saturated rings. The van der Waals surface area contributed by atoms with Gasteiger partial charge in [0.15, 0.2) is 5.41 Å². The molecule has 2 atom stereocenters. The van der Waals surface area contributed by atoms with Crippen LogP contribution in [0, 0.1) is 11.3 Å². The van der Waals surface area contributed by atoms with Gasteiger partial charge in [-0.3, -0.25) is 9.59 Å². The van der Waals surface area contributed by atoms with Crippen molar-refractivity contribution < 1.29 is 28.5 Å². The molecule has 0 bridgehead atoms. The number of carbonyl (C=O) groups excluding carboxylic acids is 2. The topological polar surface area (TPSA) is 71.1 Å². The second-order valence-corrected chi connectivity index (χ2v) is 7.18. The summed E-state index contributed by atoms with van der Waals surface area (Å²) in [6.07, 6.45) is -0.314. The molecule has 0 aliphatic carbocycles. The average Bonchev–Trinajstić information content (AvgIpc) is 3.15. The molecule has 3 rings (SSSR count). The summed E-state index contributed by atoms with van der Waals surface area (Å²) in [6.45, 7) is 4.02. The first kappa shape index (κ1) is 21.8. The van der Waals surface area contributed by atoms with Crippen molar-refractivity contribution in [2.24, 2.45) is 11.3 Å². The summed E-state index contributed by atoms with van der Waals surface area (Å²) in [5, 5.41) is 0. The normalized spacial score (nSPS) is 19.8. The summed E-state index contributed by atoms with van der Waals surface area (Å²) >= 11 is 0. The van der Waals surface area contributed by atoms with Crippen LogP contribution in [-0.4, -0.2) is 38.9 Å². The SMILES string of the molecule is CCOC(=O)C1(C(=O)OCC)[C@H](Cc2ccc(OC)cc2)CO[C@H]1c1ccccc1. The highest BCUT2D eigenvalue weighted by molar-refractivity contribution is 6.02. The summed E-state index contributed by atoms with van der Waals surface area (Å²) in [4.78, 5) is 26.7. The van der Waals surface area contributed by atoms with Gasteiger partial charge in [0.25, 0.3) is 0 Å². The van der Waals surface area contributed by atoms with Crippen LogP contribution in [-0.2, 0) is 30.2 Å². The minimum atomic E-state index is -1.58. The van der Waals surface area contributed by atoms with Crippen molar-refractivity contribution >= 4 is 11.9 Å². The number of esters is 2. The van der Waals surface area contributed by atoms with Crippen LogP contribution >= 0.6 is 0 Å². The van der Waals surface area contributed by atoms with Gasteiger partial charge >= 0.3 is 11.9 Å². The maximum absolute atomic E-state index is 13.3. The third-order valence-corrected chi connectivity index (χ3v) is 5.49. The van der Waals surface area contributed by atoms with Crippen LogP contribution < -0.4 is 4.74 Å². The molecule has 0 aromatic heterocycles. The van der Waals surface area contributed by atoms with E-state index in [1.807, 2.05) is 54.6 Å². The molecule has 2 aromatic rings. The standard InChI is InChI=1S/C24H28O6/c1-4-28-22(25)24(23(26)29-5-2)19(15-17-11-13-20(27-3)14-12-17)16-30-21(24)18-9-7-6-8-10-18/h6-14,19,21H,4-5,15-16H2,1-3H3/t19-,21+/m1/s1. The van der Waals surface area contributed by atoms with Crippen molar-refractivity contribution in [3.05, 3.63) is 65.7 Å². The molecule has 6 nitrogen and oxygen atoms in total. The lowest BCUT2D eigenvalue weighted by molar-refractivity contribution is -0.179. The van der Waals surface area contributed by atoms with Crippen LogP contribution in [0.1, 0.15) is 31.1 Å². The molecule has 160 valence electrons. The quantitative estimate of drug-likeness (QED) is 0.486. The molecule has 1 aliphatic heterocycles. The number of rotatable bonds is 8. The molecule has 30 heavy (non-hydrogen) atoms. The van der Waals surface area contributed by atoms with Gasteiger partial charge in [-0.05, 0) is 43.5 Å². The lowest BCUT2D eigenvalue weighted by Crippen LogP contribution is -2.49. The molecule has 0 unspecified atom stereocenters. The number of hydrogen-bond acceptors (Lipinski definition) is 6. The molecule has 0 spiro atoms. The van der Waals surface area contributed by atoms with E-state index in [2.05, 4.69) is 0 Å². The van der Waals surface area contributed by atoms with E-state index in [0.717, 1.165) is 16.9 Å². The molecule has 1 aliphatic rings.